The molecule has 0 radical (unpaired) electrons. The fourth-order valence-electron chi connectivity index (χ4n) is 2.97. The highest BCUT2D eigenvalue weighted by molar-refractivity contribution is 9.10. The largest absolute Gasteiger partial charge is 0.456 e. The van der Waals surface area contributed by atoms with Crippen LogP contribution in [0.2, 0.25) is 25.7 Å². The molecule has 6 nitrogen and oxygen atoms in total. The topological polar surface area (TPSA) is 66.2 Å². The zero-order valence-corrected chi connectivity index (χ0v) is 21.6. The second-order valence-corrected chi connectivity index (χ2v) is 16.3. The van der Waals surface area contributed by atoms with Gasteiger partial charge in [-0.3, -0.25) is 0 Å². The Hall–Kier alpha value is -2.03. The number of carbonyl (C=O) groups is 1. The first-order chi connectivity index (χ1) is 14.4. The predicted octanol–water partition coefficient (Wildman–Crippen LogP) is 6.13. The van der Waals surface area contributed by atoms with Crippen molar-refractivity contribution in [2.45, 2.75) is 58.8 Å². The van der Waals surface area contributed by atoms with Crippen molar-refractivity contribution in [2.75, 3.05) is 6.61 Å². The smallest absolute Gasteiger partial charge is 0.338 e. The maximum atomic E-state index is 12.3. The van der Waals surface area contributed by atoms with Gasteiger partial charge < -0.3 is 9.47 Å². The van der Waals surface area contributed by atoms with E-state index in [1.165, 1.54) is 0 Å². The Balaban J connectivity index is 1.86. The zero-order chi connectivity index (χ0) is 22.8. The Kier molecular flexibility index (Phi) is 7.03. The maximum Gasteiger partial charge on any atom is 0.338 e. The quantitative estimate of drug-likeness (QED) is 0.220. The number of halogens is 1. The summed E-state index contributed by atoms with van der Waals surface area (Å²) in [5.74, 6) is -0.338. The van der Waals surface area contributed by atoms with E-state index < -0.39 is 13.7 Å². The van der Waals surface area contributed by atoms with Crippen LogP contribution in [-0.4, -0.2) is 41.0 Å². The van der Waals surface area contributed by atoms with Crippen LogP contribution in [0, 0.1) is 0 Å². The molecule has 1 aromatic carbocycles. The third-order valence-corrected chi connectivity index (χ3v) is 6.69. The van der Waals surface area contributed by atoms with Crippen LogP contribution in [-0.2, 0) is 16.2 Å². The monoisotopic (exact) mass is 503 g/mol. The number of rotatable bonds is 7. The standard InChI is InChI=1S/C23H30BrN3O3Si/c1-23(2,3)30-22(28)17-9-7-16(8-10-17)20-19-13-18(24)14-25-21(19)27(26-20)15-29-11-12-31(4,5)6/h7-10,13-14H,11-12,15H2,1-6H3. The molecule has 2 heterocycles. The van der Waals surface area contributed by atoms with Gasteiger partial charge in [-0.05, 0) is 60.9 Å². The lowest BCUT2D eigenvalue weighted by molar-refractivity contribution is 0.00695. The number of pyridine rings is 1. The second-order valence-electron chi connectivity index (χ2n) is 9.80. The highest BCUT2D eigenvalue weighted by Crippen LogP contribution is 2.29. The molecule has 0 spiro atoms. The van der Waals surface area contributed by atoms with Gasteiger partial charge in [0.1, 0.15) is 18.0 Å². The second kappa shape index (κ2) is 9.22. The van der Waals surface area contributed by atoms with Crippen molar-refractivity contribution in [2.24, 2.45) is 0 Å². The Labute approximate surface area is 193 Å². The normalized spacial score (nSPS) is 12.4. The van der Waals surface area contributed by atoms with Gasteiger partial charge in [0, 0.05) is 36.3 Å². The van der Waals surface area contributed by atoms with Gasteiger partial charge in [0.15, 0.2) is 5.65 Å². The Morgan fingerprint density at radius 2 is 1.84 bits per heavy atom. The van der Waals surface area contributed by atoms with Crippen LogP contribution in [0.4, 0.5) is 0 Å². The zero-order valence-electron chi connectivity index (χ0n) is 19.0. The summed E-state index contributed by atoms with van der Waals surface area (Å²) in [7, 11) is -1.15. The molecule has 0 saturated carbocycles. The molecule has 0 aliphatic rings. The molecule has 3 rings (SSSR count). The van der Waals surface area contributed by atoms with Crippen molar-refractivity contribution in [3.63, 3.8) is 0 Å². The number of fused-ring (bicyclic) bond motifs is 1. The molecule has 0 N–H and O–H groups in total. The van der Waals surface area contributed by atoms with Gasteiger partial charge in [0.2, 0.25) is 0 Å². The molecule has 31 heavy (non-hydrogen) atoms. The Bertz CT molecular complexity index is 1070. The van der Waals surface area contributed by atoms with Crippen LogP contribution >= 0.6 is 15.9 Å². The molecule has 166 valence electrons. The van der Waals surface area contributed by atoms with E-state index in [0.717, 1.165) is 32.8 Å². The van der Waals surface area contributed by atoms with Crippen molar-refractivity contribution in [1.29, 1.82) is 0 Å². The van der Waals surface area contributed by atoms with E-state index in [4.69, 9.17) is 14.6 Å². The van der Waals surface area contributed by atoms with Gasteiger partial charge in [-0.1, -0.05) is 31.8 Å². The number of hydrogen-bond donors (Lipinski definition) is 0. The minimum absolute atomic E-state index is 0.338. The number of hydrogen-bond acceptors (Lipinski definition) is 5. The highest BCUT2D eigenvalue weighted by atomic mass is 79.9. The van der Waals surface area contributed by atoms with Crippen LogP contribution in [0.5, 0.6) is 0 Å². The molecule has 0 saturated heterocycles. The van der Waals surface area contributed by atoms with E-state index >= 15 is 0 Å². The Morgan fingerprint density at radius 1 is 1.16 bits per heavy atom. The number of ether oxygens (including phenoxy) is 2. The minimum atomic E-state index is -1.15. The summed E-state index contributed by atoms with van der Waals surface area (Å²) in [6.07, 6.45) is 1.76. The molecule has 0 aliphatic heterocycles. The number of benzene rings is 1. The predicted molar refractivity (Wildman–Crippen MR) is 130 cm³/mol. The lowest BCUT2D eigenvalue weighted by Crippen LogP contribution is -2.23. The van der Waals surface area contributed by atoms with Gasteiger partial charge in [-0.15, -0.1) is 0 Å². The summed E-state index contributed by atoms with van der Waals surface area (Å²) < 4.78 is 14.0. The number of aromatic nitrogens is 3. The molecule has 0 aliphatic carbocycles. The molecule has 2 aromatic heterocycles. The van der Waals surface area contributed by atoms with Crippen molar-refractivity contribution >= 4 is 41.0 Å². The summed E-state index contributed by atoms with van der Waals surface area (Å²) in [4.78, 5) is 16.9. The molecule has 0 atom stereocenters. The van der Waals surface area contributed by atoms with Crippen LogP contribution in [0.25, 0.3) is 22.3 Å². The highest BCUT2D eigenvalue weighted by Gasteiger charge is 2.19. The van der Waals surface area contributed by atoms with Gasteiger partial charge in [-0.2, -0.15) is 5.10 Å². The molecular formula is C23H30BrN3O3Si. The van der Waals surface area contributed by atoms with E-state index in [1.54, 1.807) is 23.0 Å². The molecule has 0 fully saturated rings. The van der Waals surface area contributed by atoms with Crippen molar-refractivity contribution in [3.05, 3.63) is 46.6 Å². The van der Waals surface area contributed by atoms with E-state index in [2.05, 4.69) is 40.6 Å². The molecule has 0 amide bonds. The summed E-state index contributed by atoms with van der Waals surface area (Å²) in [5.41, 5.74) is 2.45. The van der Waals surface area contributed by atoms with E-state index in [1.807, 2.05) is 39.0 Å². The third kappa shape index (κ3) is 6.47. The number of carbonyl (C=O) groups excluding carboxylic acids is 1. The maximum absolute atomic E-state index is 12.3. The van der Waals surface area contributed by atoms with Crippen molar-refractivity contribution < 1.29 is 14.3 Å². The molecule has 0 unspecified atom stereocenters. The molecule has 0 bridgehead atoms. The van der Waals surface area contributed by atoms with Crippen molar-refractivity contribution in [1.82, 2.24) is 14.8 Å². The van der Waals surface area contributed by atoms with Crippen LogP contribution in [0.15, 0.2) is 41.0 Å². The first kappa shape index (κ1) is 23.6. The SMILES string of the molecule is CC(C)(C)OC(=O)c1ccc(-c2nn(COCC[Si](C)(C)C)c3ncc(Br)cc23)cc1. The lowest BCUT2D eigenvalue weighted by Gasteiger charge is -2.19. The molecular weight excluding hydrogens is 474 g/mol. The van der Waals surface area contributed by atoms with Crippen LogP contribution in [0.3, 0.4) is 0 Å². The number of esters is 1. The van der Waals surface area contributed by atoms with E-state index in [-0.39, 0.29) is 5.97 Å². The summed E-state index contributed by atoms with van der Waals surface area (Å²) in [5, 5.41) is 5.70. The summed E-state index contributed by atoms with van der Waals surface area (Å²) in [6.45, 7) is 13.6. The fourth-order valence-corrected chi connectivity index (χ4v) is 4.06. The Morgan fingerprint density at radius 3 is 2.45 bits per heavy atom. The van der Waals surface area contributed by atoms with E-state index in [0.29, 0.717) is 18.9 Å². The van der Waals surface area contributed by atoms with Gasteiger partial charge in [0.25, 0.3) is 0 Å². The third-order valence-electron chi connectivity index (χ3n) is 4.56. The fraction of sp³-hybridized carbons (Fsp3) is 0.435. The van der Waals surface area contributed by atoms with Gasteiger partial charge in [-0.25, -0.2) is 14.5 Å². The number of nitrogens with zero attached hydrogens (tertiary/aromatic N) is 3. The van der Waals surface area contributed by atoms with E-state index in [9.17, 15) is 4.79 Å². The van der Waals surface area contributed by atoms with Gasteiger partial charge >= 0.3 is 5.97 Å². The average molecular weight is 505 g/mol. The molecule has 3 aromatic rings. The first-order valence-corrected chi connectivity index (χ1v) is 14.9. The summed E-state index contributed by atoms with van der Waals surface area (Å²) >= 11 is 3.51. The van der Waals surface area contributed by atoms with Crippen molar-refractivity contribution in [3.8, 4) is 11.3 Å². The minimum Gasteiger partial charge on any atom is -0.456 e. The average Bonchev–Trinajstić information content (AvgIpc) is 3.01. The van der Waals surface area contributed by atoms with Gasteiger partial charge in [0.05, 0.1) is 5.56 Å². The molecule has 8 heteroatoms. The first-order valence-electron chi connectivity index (χ1n) is 10.4. The lowest BCUT2D eigenvalue weighted by atomic mass is 10.1. The van der Waals surface area contributed by atoms with Crippen LogP contribution in [0.1, 0.15) is 31.1 Å². The summed E-state index contributed by atoms with van der Waals surface area (Å²) in [6, 6.07) is 10.4. The van der Waals surface area contributed by atoms with Crippen LogP contribution < -0.4 is 0 Å².